The summed E-state index contributed by atoms with van der Waals surface area (Å²) in [5.74, 6) is 0.495. The van der Waals surface area contributed by atoms with Crippen LogP contribution in [0.3, 0.4) is 0 Å². The molecule has 0 spiro atoms. The van der Waals surface area contributed by atoms with Gasteiger partial charge in [-0.25, -0.2) is 0 Å². The summed E-state index contributed by atoms with van der Waals surface area (Å²) < 4.78 is 11.3. The largest absolute Gasteiger partial charge is 0.493 e. The summed E-state index contributed by atoms with van der Waals surface area (Å²) >= 11 is 0. The Labute approximate surface area is 113 Å². The molecule has 2 rings (SSSR count). The van der Waals surface area contributed by atoms with Gasteiger partial charge >= 0.3 is 5.97 Å². The van der Waals surface area contributed by atoms with Crippen LogP contribution in [0.25, 0.3) is 0 Å². The number of carboxylic acids is 1. The van der Waals surface area contributed by atoms with Crippen molar-refractivity contribution in [3.05, 3.63) is 23.3 Å². The number of hydrogen-bond acceptors (Lipinski definition) is 3. The molecule has 0 radical (unpaired) electrons. The Hall–Kier alpha value is -1.71. The minimum absolute atomic E-state index is 0.512. The van der Waals surface area contributed by atoms with Gasteiger partial charge in [0.1, 0.15) is 16.9 Å². The fourth-order valence-electron chi connectivity index (χ4n) is 2.43. The van der Waals surface area contributed by atoms with Crippen molar-refractivity contribution >= 4 is 5.97 Å². The zero-order valence-corrected chi connectivity index (χ0v) is 11.7. The van der Waals surface area contributed by atoms with Crippen LogP contribution in [-0.4, -0.2) is 24.3 Å². The van der Waals surface area contributed by atoms with Crippen molar-refractivity contribution in [1.29, 1.82) is 0 Å². The van der Waals surface area contributed by atoms with E-state index < -0.39 is 11.4 Å². The van der Waals surface area contributed by atoms with E-state index in [1.807, 2.05) is 32.9 Å². The molecule has 1 N–H and O–H groups in total. The smallest absolute Gasteiger partial charge is 0.314 e. The third-order valence-corrected chi connectivity index (χ3v) is 3.45. The molecule has 1 fully saturated rings. The van der Waals surface area contributed by atoms with Crippen LogP contribution in [0.15, 0.2) is 12.1 Å². The van der Waals surface area contributed by atoms with Crippen LogP contribution in [0.2, 0.25) is 0 Å². The number of ether oxygens (including phenoxy) is 2. The molecule has 104 valence electrons. The average Bonchev–Trinajstić information content (AvgIpc) is 3.10. The first-order chi connectivity index (χ1) is 9.05. The van der Waals surface area contributed by atoms with Crippen molar-refractivity contribution in [2.45, 2.75) is 39.0 Å². The molecule has 0 amide bonds. The summed E-state index contributed by atoms with van der Waals surface area (Å²) in [5, 5.41) is 9.50. The Bertz CT molecular complexity index is 462. The third kappa shape index (κ3) is 2.39. The van der Waals surface area contributed by atoms with Gasteiger partial charge in [-0.2, -0.15) is 0 Å². The molecule has 0 atom stereocenters. The highest BCUT2D eigenvalue weighted by Gasteiger charge is 2.55. The summed E-state index contributed by atoms with van der Waals surface area (Å²) in [6, 6.07) is 3.79. The molecule has 0 aliphatic heterocycles. The number of hydrogen-bond donors (Lipinski definition) is 1. The van der Waals surface area contributed by atoms with Crippen molar-refractivity contribution < 1.29 is 19.4 Å². The van der Waals surface area contributed by atoms with E-state index in [1.54, 1.807) is 0 Å². The van der Waals surface area contributed by atoms with E-state index in [-0.39, 0.29) is 0 Å². The molecular formula is C15H20O4. The molecule has 1 aromatic carbocycles. The van der Waals surface area contributed by atoms with Crippen molar-refractivity contribution in [3.8, 4) is 11.5 Å². The van der Waals surface area contributed by atoms with Crippen molar-refractivity contribution in [1.82, 2.24) is 0 Å². The maximum atomic E-state index is 11.6. The standard InChI is InChI=1S/C15H20O4/c1-4-18-11-8-10(3)9-12(19-5-2)13(11)15(6-7-15)14(16)17/h8-9H,4-7H2,1-3H3,(H,16,17). The normalized spacial score (nSPS) is 15.9. The second kappa shape index (κ2) is 5.11. The summed E-state index contributed by atoms with van der Waals surface area (Å²) in [7, 11) is 0. The predicted octanol–water partition coefficient (Wildman–Crippen LogP) is 2.91. The van der Waals surface area contributed by atoms with E-state index in [0.717, 1.165) is 5.56 Å². The van der Waals surface area contributed by atoms with Gasteiger partial charge in [-0.05, 0) is 51.3 Å². The van der Waals surface area contributed by atoms with Gasteiger partial charge in [-0.1, -0.05) is 0 Å². The van der Waals surface area contributed by atoms with E-state index in [2.05, 4.69) is 0 Å². The van der Waals surface area contributed by atoms with E-state index in [1.165, 1.54) is 0 Å². The van der Waals surface area contributed by atoms with Gasteiger partial charge in [0, 0.05) is 0 Å². The maximum absolute atomic E-state index is 11.6. The van der Waals surface area contributed by atoms with Gasteiger partial charge in [0.05, 0.1) is 18.8 Å². The summed E-state index contributed by atoms with van der Waals surface area (Å²) in [4.78, 5) is 11.6. The lowest BCUT2D eigenvalue weighted by molar-refractivity contribution is -0.140. The Morgan fingerprint density at radius 3 is 2.00 bits per heavy atom. The molecule has 19 heavy (non-hydrogen) atoms. The molecule has 0 unspecified atom stereocenters. The number of aliphatic carboxylic acids is 1. The third-order valence-electron chi connectivity index (χ3n) is 3.45. The Morgan fingerprint density at radius 1 is 1.21 bits per heavy atom. The zero-order chi connectivity index (χ0) is 14.0. The van der Waals surface area contributed by atoms with Crippen LogP contribution in [0.4, 0.5) is 0 Å². The van der Waals surface area contributed by atoms with Crippen molar-refractivity contribution in [2.75, 3.05) is 13.2 Å². The fraction of sp³-hybridized carbons (Fsp3) is 0.533. The highest BCUT2D eigenvalue weighted by Crippen LogP contribution is 2.55. The fourth-order valence-corrected chi connectivity index (χ4v) is 2.43. The highest BCUT2D eigenvalue weighted by atomic mass is 16.5. The average molecular weight is 264 g/mol. The van der Waals surface area contributed by atoms with Gasteiger partial charge in [0.2, 0.25) is 0 Å². The lowest BCUT2D eigenvalue weighted by Crippen LogP contribution is -2.22. The predicted molar refractivity (Wildman–Crippen MR) is 72.1 cm³/mol. The first kappa shape index (κ1) is 13.7. The van der Waals surface area contributed by atoms with Crippen LogP contribution < -0.4 is 9.47 Å². The minimum Gasteiger partial charge on any atom is -0.493 e. The monoisotopic (exact) mass is 264 g/mol. The minimum atomic E-state index is -0.817. The quantitative estimate of drug-likeness (QED) is 0.858. The molecule has 1 aliphatic carbocycles. The summed E-state index contributed by atoms with van der Waals surface area (Å²) in [6.07, 6.45) is 1.29. The number of carboxylic acid groups (broad SMARTS) is 1. The summed E-state index contributed by atoms with van der Waals surface area (Å²) in [5.41, 5.74) is 0.897. The van der Waals surface area contributed by atoms with E-state index in [0.29, 0.717) is 43.1 Å². The molecule has 0 aromatic heterocycles. The van der Waals surface area contributed by atoms with Gasteiger partial charge in [0.25, 0.3) is 0 Å². The molecule has 0 saturated heterocycles. The van der Waals surface area contributed by atoms with Gasteiger partial charge in [0.15, 0.2) is 0 Å². The lowest BCUT2D eigenvalue weighted by atomic mass is 9.93. The van der Waals surface area contributed by atoms with Crippen LogP contribution in [0, 0.1) is 6.92 Å². The molecule has 4 nitrogen and oxygen atoms in total. The number of carbonyl (C=O) groups is 1. The topological polar surface area (TPSA) is 55.8 Å². The van der Waals surface area contributed by atoms with Crippen LogP contribution in [-0.2, 0) is 10.2 Å². The lowest BCUT2D eigenvalue weighted by Gasteiger charge is -2.20. The van der Waals surface area contributed by atoms with Crippen molar-refractivity contribution in [2.24, 2.45) is 0 Å². The number of aryl methyl sites for hydroxylation is 1. The molecule has 0 heterocycles. The molecule has 1 aromatic rings. The van der Waals surface area contributed by atoms with Gasteiger partial charge in [-0.15, -0.1) is 0 Å². The second-order valence-corrected chi connectivity index (χ2v) is 4.89. The molecule has 0 bridgehead atoms. The van der Waals surface area contributed by atoms with E-state index in [4.69, 9.17) is 9.47 Å². The Kier molecular flexibility index (Phi) is 3.69. The zero-order valence-electron chi connectivity index (χ0n) is 11.7. The summed E-state index contributed by atoms with van der Waals surface area (Å²) in [6.45, 7) is 6.77. The van der Waals surface area contributed by atoms with E-state index in [9.17, 15) is 9.90 Å². The number of benzene rings is 1. The first-order valence-corrected chi connectivity index (χ1v) is 6.69. The van der Waals surface area contributed by atoms with Crippen LogP contribution >= 0.6 is 0 Å². The van der Waals surface area contributed by atoms with Gasteiger partial charge in [-0.3, -0.25) is 4.79 Å². The molecular weight excluding hydrogens is 244 g/mol. The molecule has 4 heteroatoms. The van der Waals surface area contributed by atoms with Crippen molar-refractivity contribution in [3.63, 3.8) is 0 Å². The Balaban J connectivity index is 2.57. The number of rotatable bonds is 6. The van der Waals surface area contributed by atoms with Crippen LogP contribution in [0.1, 0.15) is 37.8 Å². The van der Waals surface area contributed by atoms with Gasteiger partial charge < -0.3 is 14.6 Å². The molecule has 1 saturated carbocycles. The SMILES string of the molecule is CCOc1cc(C)cc(OCC)c1C1(C(=O)O)CC1. The molecule has 1 aliphatic rings. The first-order valence-electron chi connectivity index (χ1n) is 6.69. The maximum Gasteiger partial charge on any atom is 0.314 e. The highest BCUT2D eigenvalue weighted by molar-refractivity contribution is 5.87. The van der Waals surface area contributed by atoms with Crippen LogP contribution in [0.5, 0.6) is 11.5 Å². The Morgan fingerprint density at radius 2 is 1.68 bits per heavy atom. The second-order valence-electron chi connectivity index (χ2n) is 4.89. The van der Waals surface area contributed by atoms with E-state index >= 15 is 0 Å².